The number of aldehydes is 1. The highest BCUT2D eigenvalue weighted by Gasteiger charge is 2.04. The summed E-state index contributed by atoms with van der Waals surface area (Å²) in [5.41, 5.74) is 1.02. The smallest absolute Gasteiger partial charge is 0.150 e. The number of rotatable bonds is 5. The van der Waals surface area contributed by atoms with E-state index in [1.54, 1.807) is 13.2 Å². The zero-order valence-electron chi connectivity index (χ0n) is 8.87. The normalized spacial score (nSPS) is 10.1. The minimum absolute atomic E-state index is 0.342. The Morgan fingerprint density at radius 3 is 2.80 bits per heavy atom. The molecule has 4 heteroatoms. The Morgan fingerprint density at radius 2 is 2.20 bits per heavy atom. The molecule has 0 saturated heterocycles. The van der Waals surface area contributed by atoms with E-state index in [9.17, 15) is 9.18 Å². The second-order valence-electron chi connectivity index (χ2n) is 3.27. The Kier molecular flexibility index (Phi) is 4.24. The van der Waals surface area contributed by atoms with E-state index >= 15 is 0 Å². The summed E-state index contributed by atoms with van der Waals surface area (Å²) >= 11 is 0. The molecule has 0 N–H and O–H groups in total. The number of halogens is 1. The first-order valence-electron chi connectivity index (χ1n) is 4.63. The zero-order chi connectivity index (χ0) is 11.3. The third kappa shape index (κ3) is 3.32. The van der Waals surface area contributed by atoms with Crippen LogP contribution in [0.5, 0.6) is 0 Å². The number of hydrogen-bond acceptors (Lipinski definition) is 3. The number of carbonyl (C=O) groups excluding carboxylic acids is 1. The molecule has 0 radical (unpaired) electrons. The molecule has 15 heavy (non-hydrogen) atoms. The first-order valence-corrected chi connectivity index (χ1v) is 4.63. The van der Waals surface area contributed by atoms with Crippen molar-refractivity contribution in [2.24, 2.45) is 0 Å². The van der Waals surface area contributed by atoms with Gasteiger partial charge in [-0.05, 0) is 18.2 Å². The molecule has 0 amide bonds. The van der Waals surface area contributed by atoms with Gasteiger partial charge in [0.2, 0.25) is 0 Å². The van der Waals surface area contributed by atoms with Crippen LogP contribution in [0.1, 0.15) is 10.4 Å². The van der Waals surface area contributed by atoms with E-state index in [0.29, 0.717) is 30.7 Å². The fraction of sp³-hybridized carbons (Fsp3) is 0.364. The molecule has 1 aromatic carbocycles. The van der Waals surface area contributed by atoms with E-state index in [1.807, 2.05) is 11.9 Å². The van der Waals surface area contributed by atoms with Gasteiger partial charge in [-0.3, -0.25) is 4.79 Å². The Balaban J connectivity index is 2.83. The summed E-state index contributed by atoms with van der Waals surface area (Å²) in [5.74, 6) is -0.404. The Morgan fingerprint density at radius 1 is 1.47 bits per heavy atom. The van der Waals surface area contributed by atoms with Crippen molar-refractivity contribution in [1.29, 1.82) is 0 Å². The minimum Gasteiger partial charge on any atom is -0.383 e. The highest BCUT2D eigenvalue weighted by atomic mass is 19.1. The lowest BCUT2D eigenvalue weighted by Crippen LogP contribution is -2.22. The summed E-state index contributed by atoms with van der Waals surface area (Å²) in [7, 11) is 3.43. The highest BCUT2D eigenvalue weighted by molar-refractivity contribution is 5.77. The molecule has 3 nitrogen and oxygen atoms in total. The maximum Gasteiger partial charge on any atom is 0.150 e. The van der Waals surface area contributed by atoms with Gasteiger partial charge in [0.1, 0.15) is 12.1 Å². The molecule has 0 heterocycles. The third-order valence-corrected chi connectivity index (χ3v) is 2.11. The fourth-order valence-electron chi connectivity index (χ4n) is 1.24. The lowest BCUT2D eigenvalue weighted by molar-refractivity contribution is 0.112. The van der Waals surface area contributed by atoms with E-state index in [-0.39, 0.29) is 0 Å². The average Bonchev–Trinajstić information content (AvgIpc) is 2.24. The summed E-state index contributed by atoms with van der Waals surface area (Å²) < 4.78 is 18.0. The predicted octanol–water partition coefficient (Wildman–Crippen LogP) is 1.72. The van der Waals surface area contributed by atoms with E-state index in [0.717, 1.165) is 0 Å². The van der Waals surface area contributed by atoms with Crippen LogP contribution in [0.2, 0.25) is 0 Å². The van der Waals surface area contributed by atoms with Crippen LogP contribution < -0.4 is 4.90 Å². The largest absolute Gasteiger partial charge is 0.383 e. The van der Waals surface area contributed by atoms with Crippen molar-refractivity contribution in [3.8, 4) is 0 Å². The number of ether oxygens (including phenoxy) is 1. The SMILES string of the molecule is COCCN(C)c1cc(F)cc(C=O)c1. The van der Waals surface area contributed by atoms with E-state index in [4.69, 9.17) is 4.74 Å². The van der Waals surface area contributed by atoms with Gasteiger partial charge >= 0.3 is 0 Å². The van der Waals surface area contributed by atoms with Crippen LogP contribution in [0.15, 0.2) is 18.2 Å². The minimum atomic E-state index is -0.404. The molecule has 0 aromatic heterocycles. The Hall–Kier alpha value is -1.42. The molecule has 1 aromatic rings. The summed E-state index contributed by atoms with van der Waals surface area (Å²) in [5, 5.41) is 0. The van der Waals surface area contributed by atoms with Gasteiger partial charge in [-0.2, -0.15) is 0 Å². The van der Waals surface area contributed by atoms with Gasteiger partial charge in [-0.1, -0.05) is 0 Å². The molecule has 1 rings (SSSR count). The lowest BCUT2D eigenvalue weighted by atomic mass is 10.2. The zero-order valence-corrected chi connectivity index (χ0v) is 8.87. The lowest BCUT2D eigenvalue weighted by Gasteiger charge is -2.19. The maximum atomic E-state index is 13.1. The van der Waals surface area contributed by atoms with Crippen LogP contribution in [0.25, 0.3) is 0 Å². The monoisotopic (exact) mass is 211 g/mol. The summed E-state index contributed by atoms with van der Waals surface area (Å²) in [6.07, 6.45) is 0.636. The van der Waals surface area contributed by atoms with Crippen molar-refractivity contribution >= 4 is 12.0 Å². The van der Waals surface area contributed by atoms with Crippen molar-refractivity contribution in [3.63, 3.8) is 0 Å². The molecule has 0 saturated carbocycles. The number of carbonyl (C=O) groups is 1. The van der Waals surface area contributed by atoms with Crippen molar-refractivity contribution < 1.29 is 13.9 Å². The standard InChI is InChI=1S/C11H14FNO2/c1-13(3-4-15-2)11-6-9(8-14)5-10(12)7-11/h5-8H,3-4H2,1-2H3. The molecule has 82 valence electrons. The molecule has 0 fully saturated rings. The molecular weight excluding hydrogens is 197 g/mol. The van der Waals surface area contributed by atoms with Crippen molar-refractivity contribution in [1.82, 2.24) is 0 Å². The van der Waals surface area contributed by atoms with Crippen LogP contribution >= 0.6 is 0 Å². The van der Waals surface area contributed by atoms with E-state index in [2.05, 4.69) is 0 Å². The van der Waals surface area contributed by atoms with Gasteiger partial charge in [-0.25, -0.2) is 4.39 Å². The third-order valence-electron chi connectivity index (χ3n) is 2.11. The maximum absolute atomic E-state index is 13.1. The van der Waals surface area contributed by atoms with Crippen LogP contribution in [0, 0.1) is 5.82 Å². The highest BCUT2D eigenvalue weighted by Crippen LogP contribution is 2.16. The molecule has 0 unspecified atom stereocenters. The second kappa shape index (κ2) is 5.46. The number of methoxy groups -OCH3 is 1. The van der Waals surface area contributed by atoms with Crippen molar-refractivity contribution in [3.05, 3.63) is 29.6 Å². The van der Waals surface area contributed by atoms with Gasteiger partial charge in [0.05, 0.1) is 6.61 Å². The molecule has 0 aliphatic heterocycles. The molecule has 0 bridgehead atoms. The van der Waals surface area contributed by atoms with Gasteiger partial charge in [-0.15, -0.1) is 0 Å². The molecule has 0 aliphatic rings. The summed E-state index contributed by atoms with van der Waals surface area (Å²) in [6, 6.07) is 4.25. The van der Waals surface area contributed by atoms with E-state index in [1.165, 1.54) is 12.1 Å². The van der Waals surface area contributed by atoms with Crippen LogP contribution in [0.4, 0.5) is 10.1 Å². The molecular formula is C11H14FNO2. The number of anilines is 1. The van der Waals surface area contributed by atoms with E-state index < -0.39 is 5.82 Å². The fourth-order valence-corrected chi connectivity index (χ4v) is 1.24. The number of hydrogen-bond donors (Lipinski definition) is 0. The van der Waals surface area contributed by atoms with Crippen LogP contribution in [0.3, 0.4) is 0 Å². The van der Waals surface area contributed by atoms with Gasteiger partial charge in [0.15, 0.2) is 0 Å². The van der Waals surface area contributed by atoms with Crippen molar-refractivity contribution in [2.75, 3.05) is 32.2 Å². The van der Waals surface area contributed by atoms with Crippen LogP contribution in [-0.2, 0) is 4.74 Å². The average molecular weight is 211 g/mol. The topological polar surface area (TPSA) is 29.5 Å². The quantitative estimate of drug-likeness (QED) is 0.694. The Bertz CT molecular complexity index is 341. The number of benzene rings is 1. The van der Waals surface area contributed by atoms with Gasteiger partial charge < -0.3 is 9.64 Å². The molecule has 0 spiro atoms. The predicted molar refractivity (Wildman–Crippen MR) is 56.9 cm³/mol. The first-order chi connectivity index (χ1) is 7.17. The number of nitrogens with zero attached hydrogens (tertiary/aromatic N) is 1. The Labute approximate surface area is 88.5 Å². The first kappa shape index (κ1) is 11.7. The van der Waals surface area contributed by atoms with Gasteiger partial charge in [0.25, 0.3) is 0 Å². The number of likely N-dealkylation sites (N-methyl/N-ethyl adjacent to an activating group) is 1. The van der Waals surface area contributed by atoms with Crippen LogP contribution in [-0.4, -0.2) is 33.6 Å². The summed E-state index contributed by atoms with van der Waals surface area (Å²) in [4.78, 5) is 12.4. The summed E-state index contributed by atoms with van der Waals surface area (Å²) in [6.45, 7) is 1.21. The molecule has 0 atom stereocenters. The second-order valence-corrected chi connectivity index (χ2v) is 3.27. The van der Waals surface area contributed by atoms with Crippen molar-refractivity contribution in [2.45, 2.75) is 0 Å². The molecule has 0 aliphatic carbocycles. The van der Waals surface area contributed by atoms with Gasteiger partial charge in [0, 0.05) is 32.0 Å².